The Morgan fingerprint density at radius 2 is 1.77 bits per heavy atom. The Morgan fingerprint density at radius 3 is 2.43 bits per heavy atom. The number of fused-ring (bicyclic) bond motifs is 5. The first-order chi connectivity index (χ1) is 16.5. The molecule has 1 fully saturated rings. The number of aromatic hydroxyl groups is 2. The molecule has 5 rings (SSSR count). The van der Waals surface area contributed by atoms with E-state index in [2.05, 4.69) is 0 Å². The zero-order valence-electron chi connectivity index (χ0n) is 18.5. The predicted molar refractivity (Wildman–Crippen MR) is 115 cm³/mol. The number of ether oxygens (including phenoxy) is 2. The smallest absolute Gasteiger partial charge is 0.417 e. The minimum absolute atomic E-state index is 0.138. The molecule has 0 radical (unpaired) electrons. The van der Waals surface area contributed by atoms with E-state index in [0.29, 0.717) is 29.7 Å². The summed E-state index contributed by atoms with van der Waals surface area (Å²) in [5, 5.41) is 31.3. The number of benzene rings is 2. The first-order valence-corrected chi connectivity index (χ1v) is 10.9. The van der Waals surface area contributed by atoms with Crippen LogP contribution in [0.15, 0.2) is 42.5 Å². The summed E-state index contributed by atoms with van der Waals surface area (Å²) in [5.74, 6) is -0.799. The fourth-order valence-electron chi connectivity index (χ4n) is 5.22. The summed E-state index contributed by atoms with van der Waals surface area (Å²) in [6.07, 6.45) is -3.49. The molecule has 2 aliphatic rings. The monoisotopic (exact) mass is 488 g/mol. The van der Waals surface area contributed by atoms with E-state index >= 15 is 0 Å². The highest BCUT2D eigenvalue weighted by atomic mass is 19.4. The van der Waals surface area contributed by atoms with Gasteiger partial charge in [0.05, 0.1) is 46.2 Å². The second-order valence-corrected chi connectivity index (χ2v) is 8.95. The van der Waals surface area contributed by atoms with Gasteiger partial charge in [-0.15, -0.1) is 0 Å². The molecule has 2 aliphatic heterocycles. The molecule has 3 aromatic rings. The molecular weight excluding hydrogens is 468 g/mol. The number of hydrogen-bond donors (Lipinski definition) is 2. The van der Waals surface area contributed by atoms with Crippen molar-refractivity contribution in [3.05, 3.63) is 70.5 Å². The molecule has 2 bridgehead atoms. The summed E-state index contributed by atoms with van der Waals surface area (Å²) in [7, 11) is 0. The van der Waals surface area contributed by atoms with E-state index in [-0.39, 0.29) is 18.7 Å². The zero-order chi connectivity index (χ0) is 25.2. The van der Waals surface area contributed by atoms with Gasteiger partial charge < -0.3 is 19.7 Å². The lowest BCUT2D eigenvalue weighted by atomic mass is 9.78. The fraction of sp³-hybridized carbons (Fsp3) is 0.320. The van der Waals surface area contributed by atoms with Crippen molar-refractivity contribution in [3.63, 3.8) is 0 Å². The van der Waals surface area contributed by atoms with E-state index in [0.717, 1.165) is 16.7 Å². The topological polar surface area (TPSA) is 87.6 Å². The van der Waals surface area contributed by atoms with Crippen LogP contribution in [0.3, 0.4) is 0 Å². The molecule has 1 saturated heterocycles. The lowest BCUT2D eigenvalue weighted by molar-refractivity contribution is -0.137. The SMILES string of the molecule is C[C@]12CC[C@](CCOc3ccc(F)cc3)(O1)c1c2c(O)n(-c2ccc(C#N)c(C(F)(F)F)c2)c1O. The maximum Gasteiger partial charge on any atom is 0.417 e. The van der Waals surface area contributed by atoms with Crippen LogP contribution in [0.4, 0.5) is 17.6 Å². The molecule has 0 saturated carbocycles. The van der Waals surface area contributed by atoms with Gasteiger partial charge in [-0.1, -0.05) is 0 Å². The van der Waals surface area contributed by atoms with Gasteiger partial charge in [-0.2, -0.15) is 18.4 Å². The summed E-state index contributed by atoms with van der Waals surface area (Å²) >= 11 is 0. The Bertz CT molecular complexity index is 1360. The number of hydrogen-bond acceptors (Lipinski definition) is 5. The van der Waals surface area contributed by atoms with Gasteiger partial charge in [-0.25, -0.2) is 4.39 Å². The third-order valence-corrected chi connectivity index (χ3v) is 6.81. The van der Waals surface area contributed by atoms with Crippen molar-refractivity contribution in [3.8, 4) is 29.3 Å². The highest BCUT2D eigenvalue weighted by Crippen LogP contribution is 2.65. The van der Waals surface area contributed by atoms with Crippen LogP contribution < -0.4 is 4.74 Å². The fourth-order valence-corrected chi connectivity index (χ4v) is 5.22. The second-order valence-electron chi connectivity index (χ2n) is 8.95. The van der Waals surface area contributed by atoms with Crippen LogP contribution in [0.2, 0.25) is 0 Å². The van der Waals surface area contributed by atoms with Crippen molar-refractivity contribution in [1.82, 2.24) is 4.57 Å². The Morgan fingerprint density at radius 1 is 1.09 bits per heavy atom. The van der Waals surface area contributed by atoms with Crippen LogP contribution in [0.25, 0.3) is 5.69 Å². The van der Waals surface area contributed by atoms with Crippen molar-refractivity contribution >= 4 is 0 Å². The van der Waals surface area contributed by atoms with Crippen LogP contribution in [0, 0.1) is 17.1 Å². The minimum atomic E-state index is -4.80. The first-order valence-electron chi connectivity index (χ1n) is 10.9. The van der Waals surface area contributed by atoms with E-state index in [9.17, 15) is 27.8 Å². The van der Waals surface area contributed by atoms with Crippen molar-refractivity contribution in [2.24, 2.45) is 0 Å². The van der Waals surface area contributed by atoms with Crippen LogP contribution >= 0.6 is 0 Å². The Labute approximate surface area is 197 Å². The molecule has 1 aromatic heterocycles. The number of nitriles is 1. The molecule has 10 heteroatoms. The van der Waals surface area contributed by atoms with Gasteiger partial charge in [0.2, 0.25) is 11.8 Å². The Kier molecular flexibility index (Phi) is 5.04. The number of alkyl halides is 3. The van der Waals surface area contributed by atoms with Crippen molar-refractivity contribution < 1.29 is 37.2 Å². The van der Waals surface area contributed by atoms with Gasteiger partial charge >= 0.3 is 6.18 Å². The number of halogens is 4. The zero-order valence-corrected chi connectivity index (χ0v) is 18.5. The molecule has 35 heavy (non-hydrogen) atoms. The quantitative estimate of drug-likeness (QED) is 0.455. The largest absolute Gasteiger partial charge is 0.494 e. The average molecular weight is 488 g/mol. The standard InChI is InChI=1S/C25H20F4N2O4/c1-23-8-9-24(35-23,10-11-34-17-6-3-15(26)4-7-17)20-19(23)21(32)31(22(20)33)16-5-2-14(13-30)18(12-16)25(27,28)29/h2-7,12,32-33H,8-11H2,1H3/t23-,24-/m1/s1. The molecule has 0 unspecified atom stereocenters. The van der Waals surface area contributed by atoms with E-state index in [1.165, 1.54) is 36.4 Å². The molecule has 2 aromatic carbocycles. The second kappa shape index (κ2) is 7.65. The van der Waals surface area contributed by atoms with Crippen LogP contribution in [0.5, 0.6) is 17.5 Å². The Hall–Kier alpha value is -3.71. The lowest BCUT2D eigenvalue weighted by Gasteiger charge is -2.26. The van der Waals surface area contributed by atoms with Crippen molar-refractivity contribution in [2.45, 2.75) is 43.6 Å². The lowest BCUT2D eigenvalue weighted by Crippen LogP contribution is -2.25. The summed E-state index contributed by atoms with van der Waals surface area (Å²) in [5.41, 5.74) is -3.21. The molecule has 0 aliphatic carbocycles. The predicted octanol–water partition coefficient (Wildman–Crippen LogP) is 5.62. The number of aromatic nitrogens is 1. The van der Waals surface area contributed by atoms with E-state index < -0.39 is 46.1 Å². The molecule has 182 valence electrons. The molecule has 2 N–H and O–H groups in total. The van der Waals surface area contributed by atoms with Gasteiger partial charge in [0.1, 0.15) is 17.2 Å². The first kappa shape index (κ1) is 23.1. The number of rotatable bonds is 5. The normalized spacial score (nSPS) is 22.7. The van der Waals surface area contributed by atoms with Gasteiger partial charge in [0.15, 0.2) is 0 Å². The summed E-state index contributed by atoms with van der Waals surface area (Å²) in [6.45, 7) is 1.91. The van der Waals surface area contributed by atoms with Crippen molar-refractivity contribution in [2.75, 3.05) is 6.61 Å². The van der Waals surface area contributed by atoms with Gasteiger partial charge in [-0.05, 0) is 62.2 Å². The van der Waals surface area contributed by atoms with E-state index in [1.54, 1.807) is 6.92 Å². The third kappa shape index (κ3) is 3.49. The maximum absolute atomic E-state index is 13.5. The molecule has 3 heterocycles. The molecule has 6 nitrogen and oxygen atoms in total. The third-order valence-electron chi connectivity index (χ3n) is 6.81. The molecule has 0 amide bonds. The summed E-state index contributed by atoms with van der Waals surface area (Å²) in [6, 6.07) is 9.97. The summed E-state index contributed by atoms with van der Waals surface area (Å²) < 4.78 is 66.6. The van der Waals surface area contributed by atoms with Gasteiger partial charge in [-0.3, -0.25) is 4.57 Å². The van der Waals surface area contributed by atoms with E-state index in [1.807, 2.05) is 0 Å². The Balaban J connectivity index is 1.53. The van der Waals surface area contributed by atoms with E-state index in [4.69, 9.17) is 14.7 Å². The highest BCUT2D eigenvalue weighted by molar-refractivity contribution is 5.62. The van der Waals surface area contributed by atoms with Crippen LogP contribution in [-0.4, -0.2) is 21.4 Å². The molecule has 0 spiro atoms. The van der Waals surface area contributed by atoms with Crippen LogP contribution in [0.1, 0.15) is 48.4 Å². The van der Waals surface area contributed by atoms with Crippen molar-refractivity contribution in [1.29, 1.82) is 5.26 Å². The van der Waals surface area contributed by atoms with Gasteiger partial charge in [0, 0.05) is 6.42 Å². The maximum atomic E-state index is 13.5. The van der Waals surface area contributed by atoms with Crippen LogP contribution in [-0.2, 0) is 22.1 Å². The minimum Gasteiger partial charge on any atom is -0.494 e. The number of nitrogens with zero attached hydrogens (tertiary/aromatic N) is 2. The summed E-state index contributed by atoms with van der Waals surface area (Å²) in [4.78, 5) is 0. The molecule has 2 atom stereocenters. The molecular formula is C25H20F4N2O4. The average Bonchev–Trinajstić information content (AvgIpc) is 3.38. The van der Waals surface area contributed by atoms with Gasteiger partial charge in [0.25, 0.3) is 0 Å². The highest BCUT2D eigenvalue weighted by Gasteiger charge is 2.61.